The van der Waals surface area contributed by atoms with Gasteiger partial charge in [0.2, 0.25) is 0 Å². The monoisotopic (exact) mass is 278 g/mol. The van der Waals surface area contributed by atoms with Crippen molar-refractivity contribution in [3.63, 3.8) is 0 Å². The number of hydrogen-bond donors (Lipinski definition) is 2. The van der Waals surface area contributed by atoms with Crippen LogP contribution in [0.15, 0.2) is 0 Å². The highest BCUT2D eigenvalue weighted by Gasteiger charge is 2.43. The molecule has 1 unspecified atom stereocenters. The van der Waals surface area contributed by atoms with Gasteiger partial charge in [-0.15, -0.1) is 0 Å². The average Bonchev–Trinajstić information content (AvgIpc) is 2.98. The third kappa shape index (κ3) is 2.96. The summed E-state index contributed by atoms with van der Waals surface area (Å²) in [7, 11) is 0. The topological polar surface area (TPSA) is 41.1 Å². The van der Waals surface area contributed by atoms with E-state index in [9.17, 15) is 4.79 Å². The van der Waals surface area contributed by atoms with Gasteiger partial charge in [0, 0.05) is 12.6 Å². The van der Waals surface area contributed by atoms with E-state index < -0.39 is 0 Å². The molecule has 20 heavy (non-hydrogen) atoms. The lowest BCUT2D eigenvalue weighted by Crippen LogP contribution is -2.46. The minimum atomic E-state index is 0.0687. The lowest BCUT2D eigenvalue weighted by Gasteiger charge is -2.37. The SMILES string of the molecule is CCC1(C)CCC(NC(=O)NCC2CC3CC2C3)CC1. The summed E-state index contributed by atoms with van der Waals surface area (Å²) >= 11 is 0. The van der Waals surface area contributed by atoms with Crippen LogP contribution in [0.2, 0.25) is 0 Å². The first-order valence-electron chi connectivity index (χ1n) is 8.62. The molecule has 0 aromatic carbocycles. The summed E-state index contributed by atoms with van der Waals surface area (Å²) in [4.78, 5) is 12.0. The van der Waals surface area contributed by atoms with E-state index in [0.717, 1.165) is 37.1 Å². The number of nitrogens with one attached hydrogen (secondary N) is 2. The maximum absolute atomic E-state index is 12.0. The Morgan fingerprint density at radius 2 is 1.90 bits per heavy atom. The molecule has 4 rings (SSSR count). The number of rotatable bonds is 4. The smallest absolute Gasteiger partial charge is 0.315 e. The van der Waals surface area contributed by atoms with Gasteiger partial charge in [0.25, 0.3) is 0 Å². The van der Waals surface area contributed by atoms with E-state index in [2.05, 4.69) is 24.5 Å². The molecule has 0 saturated heterocycles. The van der Waals surface area contributed by atoms with Crippen LogP contribution in [0.5, 0.6) is 0 Å². The lowest BCUT2D eigenvalue weighted by atomic mass is 9.72. The van der Waals surface area contributed by atoms with Crippen LogP contribution in [-0.4, -0.2) is 18.6 Å². The second-order valence-corrected chi connectivity index (χ2v) is 7.89. The first kappa shape index (κ1) is 14.2. The van der Waals surface area contributed by atoms with E-state index >= 15 is 0 Å². The predicted molar refractivity (Wildman–Crippen MR) is 81.5 cm³/mol. The summed E-state index contributed by atoms with van der Waals surface area (Å²) in [6, 6.07) is 0.464. The maximum Gasteiger partial charge on any atom is 0.315 e. The second-order valence-electron chi connectivity index (χ2n) is 7.89. The molecule has 1 atom stereocenters. The molecule has 2 amide bonds. The van der Waals surface area contributed by atoms with Gasteiger partial charge < -0.3 is 10.6 Å². The number of carbonyl (C=O) groups is 1. The lowest BCUT2D eigenvalue weighted by molar-refractivity contribution is 0.175. The van der Waals surface area contributed by atoms with E-state index in [4.69, 9.17) is 0 Å². The van der Waals surface area contributed by atoms with E-state index in [-0.39, 0.29) is 6.03 Å². The van der Waals surface area contributed by atoms with Gasteiger partial charge in [-0.05, 0) is 68.1 Å². The Kier molecular flexibility index (Phi) is 3.96. The Morgan fingerprint density at radius 1 is 1.20 bits per heavy atom. The molecule has 4 saturated carbocycles. The van der Waals surface area contributed by atoms with Gasteiger partial charge in [-0.1, -0.05) is 20.3 Å². The van der Waals surface area contributed by atoms with Crippen molar-refractivity contribution >= 4 is 6.03 Å². The van der Waals surface area contributed by atoms with Crippen LogP contribution in [0.1, 0.15) is 65.2 Å². The molecule has 2 bridgehead atoms. The molecule has 0 aromatic rings. The summed E-state index contributed by atoms with van der Waals surface area (Å²) in [6.07, 6.45) is 10.2. The van der Waals surface area contributed by atoms with Crippen molar-refractivity contribution in [3.8, 4) is 0 Å². The molecule has 3 heteroatoms. The van der Waals surface area contributed by atoms with Crippen molar-refractivity contribution in [2.75, 3.05) is 6.54 Å². The Labute approximate surface area is 123 Å². The predicted octanol–water partition coefficient (Wildman–Crippen LogP) is 3.69. The number of hydrogen-bond acceptors (Lipinski definition) is 1. The van der Waals surface area contributed by atoms with Crippen LogP contribution < -0.4 is 10.6 Å². The van der Waals surface area contributed by atoms with Crippen LogP contribution in [0, 0.1) is 23.2 Å². The molecule has 0 spiro atoms. The van der Waals surface area contributed by atoms with Gasteiger partial charge in [-0.3, -0.25) is 0 Å². The van der Waals surface area contributed by atoms with Crippen LogP contribution >= 0.6 is 0 Å². The molecule has 4 aliphatic rings. The van der Waals surface area contributed by atoms with Crippen molar-refractivity contribution in [3.05, 3.63) is 0 Å². The highest BCUT2D eigenvalue weighted by Crippen LogP contribution is 2.52. The molecule has 4 aliphatic carbocycles. The standard InChI is InChI=1S/C17H30N2O/c1-3-17(2)6-4-15(5-7-17)19-16(20)18-11-14-10-12-8-13(14)9-12/h12-15H,3-11H2,1-2H3,(H2,18,19,20). The minimum absolute atomic E-state index is 0.0687. The van der Waals surface area contributed by atoms with Gasteiger partial charge in [-0.25, -0.2) is 4.79 Å². The molecule has 0 radical (unpaired) electrons. The largest absolute Gasteiger partial charge is 0.338 e. The van der Waals surface area contributed by atoms with E-state index in [1.807, 2.05) is 0 Å². The molecule has 0 heterocycles. The van der Waals surface area contributed by atoms with Gasteiger partial charge >= 0.3 is 6.03 Å². The van der Waals surface area contributed by atoms with E-state index in [0.29, 0.717) is 11.5 Å². The minimum Gasteiger partial charge on any atom is -0.338 e. The molecular weight excluding hydrogens is 248 g/mol. The first-order chi connectivity index (χ1) is 9.58. The van der Waals surface area contributed by atoms with E-state index in [1.165, 1.54) is 38.5 Å². The Morgan fingerprint density at radius 3 is 2.45 bits per heavy atom. The highest BCUT2D eigenvalue weighted by molar-refractivity contribution is 5.74. The summed E-state index contributed by atoms with van der Waals surface area (Å²) < 4.78 is 0. The molecule has 4 fully saturated rings. The third-order valence-electron chi connectivity index (χ3n) is 6.48. The summed E-state index contributed by atoms with van der Waals surface area (Å²) in [5.41, 5.74) is 0.513. The quantitative estimate of drug-likeness (QED) is 0.809. The van der Waals surface area contributed by atoms with Crippen molar-refractivity contribution in [2.45, 2.75) is 71.3 Å². The number of carbonyl (C=O) groups excluding carboxylic acids is 1. The van der Waals surface area contributed by atoms with Crippen LogP contribution in [0.4, 0.5) is 4.79 Å². The highest BCUT2D eigenvalue weighted by atomic mass is 16.2. The van der Waals surface area contributed by atoms with Crippen LogP contribution in [0.25, 0.3) is 0 Å². The molecule has 0 aliphatic heterocycles. The molecule has 2 N–H and O–H groups in total. The number of amides is 2. The molecule has 0 aromatic heterocycles. The molecule has 114 valence electrons. The van der Waals surface area contributed by atoms with Gasteiger partial charge in [-0.2, -0.15) is 0 Å². The number of urea groups is 1. The Bertz CT molecular complexity index is 354. The maximum atomic E-state index is 12.0. The van der Waals surface area contributed by atoms with Crippen LogP contribution in [-0.2, 0) is 0 Å². The normalized spacial score (nSPS) is 42.9. The number of fused-ring (bicyclic) bond motifs is 1. The zero-order chi connectivity index (χ0) is 14.2. The Balaban J connectivity index is 1.35. The molecular formula is C17H30N2O. The van der Waals surface area contributed by atoms with Crippen molar-refractivity contribution in [1.82, 2.24) is 10.6 Å². The fourth-order valence-electron chi connectivity index (χ4n) is 4.51. The fourth-order valence-corrected chi connectivity index (χ4v) is 4.51. The summed E-state index contributed by atoms with van der Waals surface area (Å²) in [5, 5.41) is 6.30. The van der Waals surface area contributed by atoms with Crippen molar-refractivity contribution in [1.29, 1.82) is 0 Å². The van der Waals surface area contributed by atoms with Gasteiger partial charge in [0.05, 0.1) is 0 Å². The Hall–Kier alpha value is -0.730. The second kappa shape index (κ2) is 5.57. The van der Waals surface area contributed by atoms with Crippen molar-refractivity contribution < 1.29 is 4.79 Å². The average molecular weight is 278 g/mol. The van der Waals surface area contributed by atoms with Gasteiger partial charge in [0.1, 0.15) is 0 Å². The first-order valence-corrected chi connectivity index (χ1v) is 8.62. The zero-order valence-corrected chi connectivity index (χ0v) is 13.1. The fraction of sp³-hybridized carbons (Fsp3) is 0.941. The third-order valence-corrected chi connectivity index (χ3v) is 6.48. The molecule has 3 nitrogen and oxygen atoms in total. The van der Waals surface area contributed by atoms with E-state index in [1.54, 1.807) is 0 Å². The van der Waals surface area contributed by atoms with Gasteiger partial charge in [0.15, 0.2) is 0 Å². The van der Waals surface area contributed by atoms with Crippen LogP contribution in [0.3, 0.4) is 0 Å². The van der Waals surface area contributed by atoms with Crippen molar-refractivity contribution in [2.24, 2.45) is 23.2 Å². The summed E-state index contributed by atoms with van der Waals surface area (Å²) in [6.45, 7) is 5.56. The zero-order valence-electron chi connectivity index (χ0n) is 13.1. The summed E-state index contributed by atoms with van der Waals surface area (Å²) in [5.74, 6) is 2.67.